The Morgan fingerprint density at radius 1 is 0.500 bits per heavy atom. The minimum absolute atomic E-state index is 0.0352. The van der Waals surface area contributed by atoms with Gasteiger partial charge in [0.2, 0.25) is 0 Å². The maximum absolute atomic E-state index is 14.0. The molecule has 272 valence electrons. The topological polar surface area (TPSA) is 89.8 Å². The highest BCUT2D eigenvalue weighted by Gasteiger charge is 2.36. The van der Waals surface area contributed by atoms with Gasteiger partial charge in [0.05, 0.1) is 0 Å². The second-order valence-corrected chi connectivity index (χ2v) is 13.1. The molecule has 8 heteroatoms. The Morgan fingerprint density at radius 2 is 0.963 bits per heavy atom. The van der Waals surface area contributed by atoms with Crippen LogP contribution in [0.15, 0.2) is 163 Å². The van der Waals surface area contributed by atoms with E-state index in [0.717, 1.165) is 33.4 Å². The number of rotatable bonds is 16. The summed E-state index contributed by atoms with van der Waals surface area (Å²) in [4.78, 5) is 20.4. The van der Waals surface area contributed by atoms with Crippen LogP contribution < -0.4 is 14.2 Å². The first kappa shape index (κ1) is 35.8. The number of amides is 1. The predicted octanol–water partition coefficient (Wildman–Crippen LogP) is 8.70. The van der Waals surface area contributed by atoms with Crippen LogP contribution >= 0.6 is 0 Å². The standard InChI is InChI=1S/C46H42N2O6/c49-41-23-21-39(29-43(41)52-31-36-15-7-2-8-16-36)27-40-45(50)48(46(47-40)54-33-38-19-11-4-12-20-38)26-25-34-22-24-42(51-30-35-13-5-1-6-14-35)44(28-34)53-32-37-17-9-3-10-18-37/h1-24,28-29,40,49H,25-27,30-33H2. The molecule has 1 aliphatic rings. The van der Waals surface area contributed by atoms with Gasteiger partial charge in [0.15, 0.2) is 23.0 Å². The van der Waals surface area contributed by atoms with E-state index >= 15 is 0 Å². The van der Waals surface area contributed by atoms with Crippen molar-refractivity contribution in [2.45, 2.75) is 45.3 Å². The zero-order valence-electron chi connectivity index (χ0n) is 29.9. The van der Waals surface area contributed by atoms with Gasteiger partial charge in [-0.25, -0.2) is 4.99 Å². The molecule has 8 nitrogen and oxygen atoms in total. The van der Waals surface area contributed by atoms with Crippen LogP contribution in [0.3, 0.4) is 0 Å². The smallest absolute Gasteiger partial charge is 0.295 e. The highest BCUT2D eigenvalue weighted by atomic mass is 16.5. The lowest BCUT2D eigenvalue weighted by atomic mass is 10.0. The number of aliphatic imine (C=N–C) groups is 1. The number of phenolic OH excluding ortho intramolecular Hbond substituents is 1. The van der Waals surface area contributed by atoms with Crippen LogP contribution in [-0.4, -0.2) is 34.5 Å². The van der Waals surface area contributed by atoms with E-state index in [1.165, 1.54) is 0 Å². The van der Waals surface area contributed by atoms with Crippen LogP contribution in [0.1, 0.15) is 33.4 Å². The SMILES string of the molecule is O=C1C(Cc2ccc(O)c(OCc3ccccc3)c2)N=C(OCc2ccccc2)N1CCc1ccc(OCc2ccccc2)c(OCc2ccccc2)c1. The fourth-order valence-electron chi connectivity index (χ4n) is 6.12. The lowest BCUT2D eigenvalue weighted by Crippen LogP contribution is -2.38. The maximum Gasteiger partial charge on any atom is 0.295 e. The molecule has 0 aliphatic carbocycles. The average molecular weight is 719 g/mol. The number of carbonyl (C=O) groups is 1. The van der Waals surface area contributed by atoms with Crippen LogP contribution in [0.2, 0.25) is 0 Å². The summed E-state index contributed by atoms with van der Waals surface area (Å²) in [6.07, 6.45) is 0.851. The summed E-state index contributed by atoms with van der Waals surface area (Å²) in [5.74, 6) is 1.51. The van der Waals surface area contributed by atoms with E-state index in [1.54, 1.807) is 23.1 Å². The van der Waals surface area contributed by atoms with Crippen molar-refractivity contribution in [2.75, 3.05) is 6.54 Å². The number of benzene rings is 6. The minimum Gasteiger partial charge on any atom is -0.504 e. The van der Waals surface area contributed by atoms with Gasteiger partial charge in [-0.05, 0) is 64.1 Å². The Labute approximate surface area is 315 Å². The zero-order chi connectivity index (χ0) is 37.0. The van der Waals surface area contributed by atoms with Crippen molar-refractivity contribution in [2.24, 2.45) is 4.99 Å². The first-order chi connectivity index (χ1) is 26.6. The number of hydrogen-bond donors (Lipinski definition) is 1. The summed E-state index contributed by atoms with van der Waals surface area (Å²) in [5, 5.41) is 10.5. The minimum atomic E-state index is -0.694. The molecular formula is C46H42N2O6. The summed E-state index contributed by atoms with van der Waals surface area (Å²) in [5.41, 5.74) is 5.85. The Morgan fingerprint density at radius 3 is 1.52 bits per heavy atom. The first-order valence-corrected chi connectivity index (χ1v) is 18.1. The first-order valence-electron chi connectivity index (χ1n) is 18.1. The van der Waals surface area contributed by atoms with Crippen LogP contribution in [0.4, 0.5) is 0 Å². The van der Waals surface area contributed by atoms with E-state index in [-0.39, 0.29) is 24.3 Å². The summed E-state index contributed by atoms with van der Waals surface area (Å²) in [6, 6.07) is 50.2. The molecule has 0 aromatic heterocycles. The van der Waals surface area contributed by atoms with Crippen LogP contribution in [0, 0.1) is 0 Å². The molecule has 0 fully saturated rings. The van der Waals surface area contributed by atoms with Crippen molar-refractivity contribution < 1.29 is 28.8 Å². The van der Waals surface area contributed by atoms with Gasteiger partial charge in [-0.2, -0.15) is 0 Å². The quantitative estimate of drug-likeness (QED) is 0.108. The Hall–Kier alpha value is -6.54. The number of amidine groups is 1. The highest BCUT2D eigenvalue weighted by molar-refractivity contribution is 6.02. The van der Waals surface area contributed by atoms with Crippen LogP contribution in [-0.2, 0) is 48.8 Å². The molecule has 1 N–H and O–H groups in total. The lowest BCUT2D eigenvalue weighted by molar-refractivity contribution is -0.127. The van der Waals surface area contributed by atoms with Crippen molar-refractivity contribution in [3.05, 3.63) is 191 Å². The third kappa shape index (κ3) is 9.66. The number of carbonyl (C=O) groups excluding carboxylic acids is 1. The molecule has 0 saturated carbocycles. The molecule has 1 amide bonds. The number of aromatic hydroxyl groups is 1. The molecule has 0 radical (unpaired) electrons. The maximum atomic E-state index is 14.0. The van der Waals surface area contributed by atoms with E-state index < -0.39 is 6.04 Å². The number of nitrogens with zero attached hydrogens (tertiary/aromatic N) is 2. The summed E-state index contributed by atoms with van der Waals surface area (Å²) >= 11 is 0. The number of ether oxygens (including phenoxy) is 4. The molecular weight excluding hydrogens is 677 g/mol. The fourth-order valence-corrected chi connectivity index (χ4v) is 6.12. The fraction of sp³-hybridized carbons (Fsp3) is 0.174. The molecule has 6 aromatic rings. The average Bonchev–Trinajstić information content (AvgIpc) is 3.52. The second-order valence-electron chi connectivity index (χ2n) is 13.1. The number of phenols is 1. The van der Waals surface area contributed by atoms with Crippen molar-refractivity contribution in [1.82, 2.24) is 4.90 Å². The van der Waals surface area contributed by atoms with Crippen LogP contribution in [0.25, 0.3) is 0 Å². The molecule has 0 bridgehead atoms. The van der Waals surface area contributed by atoms with Crippen LogP contribution in [0.5, 0.6) is 23.0 Å². The molecule has 1 unspecified atom stereocenters. The highest BCUT2D eigenvalue weighted by Crippen LogP contribution is 2.32. The van der Waals surface area contributed by atoms with Gasteiger partial charge in [0.25, 0.3) is 11.9 Å². The zero-order valence-corrected chi connectivity index (χ0v) is 29.9. The Kier molecular flexibility index (Phi) is 11.8. The van der Waals surface area contributed by atoms with Gasteiger partial charge in [-0.1, -0.05) is 133 Å². The Bertz CT molecular complexity index is 2140. The van der Waals surface area contributed by atoms with E-state index in [0.29, 0.717) is 56.5 Å². The van der Waals surface area contributed by atoms with E-state index in [9.17, 15) is 9.90 Å². The normalized spacial score (nSPS) is 13.7. The molecule has 0 saturated heterocycles. The monoisotopic (exact) mass is 718 g/mol. The van der Waals surface area contributed by atoms with E-state index in [2.05, 4.69) is 0 Å². The molecule has 54 heavy (non-hydrogen) atoms. The summed E-state index contributed by atoms with van der Waals surface area (Å²) in [7, 11) is 0. The van der Waals surface area contributed by atoms with Gasteiger partial charge >= 0.3 is 0 Å². The van der Waals surface area contributed by atoms with Crippen molar-refractivity contribution >= 4 is 11.9 Å². The molecule has 1 heterocycles. The molecule has 6 aromatic carbocycles. The van der Waals surface area contributed by atoms with E-state index in [4.69, 9.17) is 23.9 Å². The largest absolute Gasteiger partial charge is 0.504 e. The van der Waals surface area contributed by atoms with Gasteiger partial charge in [0.1, 0.15) is 32.5 Å². The second kappa shape index (κ2) is 17.8. The summed E-state index contributed by atoms with van der Waals surface area (Å²) < 4.78 is 24.7. The lowest BCUT2D eigenvalue weighted by Gasteiger charge is -2.20. The molecule has 0 spiro atoms. The van der Waals surface area contributed by atoms with E-state index in [1.807, 2.05) is 140 Å². The van der Waals surface area contributed by atoms with Gasteiger partial charge in [-0.3, -0.25) is 9.69 Å². The third-order valence-electron chi connectivity index (χ3n) is 9.06. The van der Waals surface area contributed by atoms with Gasteiger partial charge in [0, 0.05) is 13.0 Å². The molecule has 7 rings (SSSR count). The predicted molar refractivity (Wildman–Crippen MR) is 208 cm³/mol. The van der Waals surface area contributed by atoms with Crippen molar-refractivity contribution in [3.8, 4) is 23.0 Å². The van der Waals surface area contributed by atoms with Gasteiger partial charge in [-0.15, -0.1) is 0 Å². The van der Waals surface area contributed by atoms with Crippen molar-refractivity contribution in [3.63, 3.8) is 0 Å². The molecule has 1 atom stereocenters. The summed E-state index contributed by atoms with van der Waals surface area (Å²) in [6.45, 7) is 1.73. The molecule has 1 aliphatic heterocycles. The third-order valence-corrected chi connectivity index (χ3v) is 9.06. The number of hydrogen-bond acceptors (Lipinski definition) is 7. The van der Waals surface area contributed by atoms with Crippen molar-refractivity contribution in [1.29, 1.82) is 0 Å². The van der Waals surface area contributed by atoms with Gasteiger partial charge < -0.3 is 24.1 Å². The Balaban J connectivity index is 1.06.